The number of nitrogens with two attached hydrogens (primary N) is 1. The summed E-state index contributed by atoms with van der Waals surface area (Å²) in [5.74, 6) is 0.562. The number of anilines is 1. The fourth-order valence-corrected chi connectivity index (χ4v) is 2.54. The molecule has 0 spiro atoms. The molecular formula is C15H22Cl2N4O3. The SMILES string of the molecule is COCC(N)C(=O)Nc1ccc2nc(C3CCCO3)[nH]c2c1.Cl.Cl. The number of fused-ring (bicyclic) bond motifs is 1. The summed E-state index contributed by atoms with van der Waals surface area (Å²) in [6.07, 6.45) is 2.08. The Labute approximate surface area is 152 Å². The molecule has 3 rings (SSSR count). The van der Waals surface area contributed by atoms with Gasteiger partial charge in [0.25, 0.3) is 0 Å². The van der Waals surface area contributed by atoms with Crippen molar-refractivity contribution >= 4 is 47.4 Å². The number of nitrogens with one attached hydrogen (secondary N) is 2. The molecule has 1 aromatic carbocycles. The van der Waals surface area contributed by atoms with Gasteiger partial charge in [-0.2, -0.15) is 0 Å². The van der Waals surface area contributed by atoms with Crippen LogP contribution in [0.4, 0.5) is 5.69 Å². The molecule has 7 nitrogen and oxygen atoms in total. The molecule has 0 bridgehead atoms. The largest absolute Gasteiger partial charge is 0.383 e. The molecule has 1 aliphatic rings. The summed E-state index contributed by atoms with van der Waals surface area (Å²) in [5.41, 5.74) is 8.09. The van der Waals surface area contributed by atoms with Crippen LogP contribution in [-0.4, -0.2) is 42.2 Å². The van der Waals surface area contributed by atoms with Gasteiger partial charge >= 0.3 is 0 Å². The van der Waals surface area contributed by atoms with Gasteiger partial charge in [-0.25, -0.2) is 4.98 Å². The molecule has 24 heavy (non-hydrogen) atoms. The van der Waals surface area contributed by atoms with E-state index in [-0.39, 0.29) is 43.4 Å². The summed E-state index contributed by atoms with van der Waals surface area (Å²) in [7, 11) is 1.51. The van der Waals surface area contributed by atoms with Gasteiger partial charge in [-0.1, -0.05) is 0 Å². The molecule has 1 aliphatic heterocycles. The van der Waals surface area contributed by atoms with Gasteiger partial charge in [0.15, 0.2) is 0 Å². The summed E-state index contributed by atoms with van der Waals surface area (Å²) in [4.78, 5) is 19.7. The number of hydrogen-bond acceptors (Lipinski definition) is 5. The van der Waals surface area contributed by atoms with E-state index in [1.54, 1.807) is 6.07 Å². The molecule has 9 heteroatoms. The normalized spacial score (nSPS) is 17.8. The number of methoxy groups -OCH3 is 1. The molecule has 1 amide bonds. The van der Waals surface area contributed by atoms with Crippen molar-refractivity contribution in [1.29, 1.82) is 0 Å². The molecule has 0 saturated carbocycles. The molecule has 2 aromatic rings. The van der Waals surface area contributed by atoms with Crippen molar-refractivity contribution in [3.8, 4) is 0 Å². The van der Waals surface area contributed by atoms with Crippen molar-refractivity contribution < 1.29 is 14.3 Å². The number of halogens is 2. The molecule has 2 atom stereocenters. The Balaban J connectivity index is 0.00000144. The van der Waals surface area contributed by atoms with Crippen LogP contribution in [0.15, 0.2) is 18.2 Å². The standard InChI is InChI=1S/C15H20N4O3.2ClH/c1-21-8-10(16)15(20)17-9-4-5-11-12(7-9)19-14(18-11)13-3-2-6-22-13;;/h4-5,7,10,13H,2-3,6,8,16H2,1H3,(H,17,20)(H,18,19);2*1H. The maximum absolute atomic E-state index is 11.9. The minimum absolute atomic E-state index is 0. The first-order valence-electron chi connectivity index (χ1n) is 7.34. The second kappa shape index (κ2) is 9.19. The van der Waals surface area contributed by atoms with E-state index in [2.05, 4.69) is 15.3 Å². The fourth-order valence-electron chi connectivity index (χ4n) is 2.54. The maximum atomic E-state index is 11.9. The van der Waals surface area contributed by atoms with Crippen LogP contribution in [-0.2, 0) is 14.3 Å². The number of nitrogens with zero attached hydrogens (tertiary/aromatic N) is 1. The predicted molar refractivity (Wildman–Crippen MR) is 97.0 cm³/mol. The number of amides is 1. The highest BCUT2D eigenvalue weighted by atomic mass is 35.5. The Bertz CT molecular complexity index is 674. The van der Waals surface area contributed by atoms with Crippen molar-refractivity contribution in [2.45, 2.75) is 25.0 Å². The first-order valence-corrected chi connectivity index (χ1v) is 7.34. The van der Waals surface area contributed by atoms with E-state index in [0.717, 1.165) is 36.3 Å². The highest BCUT2D eigenvalue weighted by Crippen LogP contribution is 2.28. The van der Waals surface area contributed by atoms with Crippen molar-refractivity contribution in [1.82, 2.24) is 9.97 Å². The quantitative estimate of drug-likeness (QED) is 0.741. The van der Waals surface area contributed by atoms with Crippen LogP contribution in [0.2, 0.25) is 0 Å². The van der Waals surface area contributed by atoms with Crippen molar-refractivity contribution in [3.63, 3.8) is 0 Å². The zero-order valence-corrected chi connectivity index (χ0v) is 14.9. The van der Waals surface area contributed by atoms with Gasteiger partial charge < -0.3 is 25.5 Å². The zero-order chi connectivity index (χ0) is 15.5. The lowest BCUT2D eigenvalue weighted by molar-refractivity contribution is -0.118. The maximum Gasteiger partial charge on any atom is 0.243 e. The average Bonchev–Trinajstić information content (AvgIpc) is 3.15. The second-order valence-corrected chi connectivity index (χ2v) is 5.41. The Kier molecular flexibility index (Phi) is 7.92. The van der Waals surface area contributed by atoms with E-state index in [0.29, 0.717) is 5.69 Å². The lowest BCUT2D eigenvalue weighted by Crippen LogP contribution is -2.39. The molecule has 1 saturated heterocycles. The molecule has 2 heterocycles. The van der Waals surface area contributed by atoms with E-state index in [1.165, 1.54) is 7.11 Å². The van der Waals surface area contributed by atoms with Crippen LogP contribution in [0.25, 0.3) is 11.0 Å². The van der Waals surface area contributed by atoms with Gasteiger partial charge in [-0.15, -0.1) is 24.8 Å². The molecule has 4 N–H and O–H groups in total. The lowest BCUT2D eigenvalue weighted by atomic mass is 10.2. The number of imidazole rings is 1. The van der Waals surface area contributed by atoms with E-state index in [1.807, 2.05) is 12.1 Å². The first kappa shape index (κ1) is 20.7. The van der Waals surface area contributed by atoms with Gasteiger partial charge in [0, 0.05) is 19.4 Å². The third-order valence-electron chi connectivity index (χ3n) is 3.69. The molecule has 1 aromatic heterocycles. The highest BCUT2D eigenvalue weighted by Gasteiger charge is 2.21. The smallest absolute Gasteiger partial charge is 0.243 e. The third-order valence-corrected chi connectivity index (χ3v) is 3.69. The number of aromatic amines is 1. The van der Waals surface area contributed by atoms with Crippen molar-refractivity contribution in [2.24, 2.45) is 5.73 Å². The number of rotatable bonds is 5. The second-order valence-electron chi connectivity index (χ2n) is 5.41. The van der Waals surface area contributed by atoms with Gasteiger partial charge in [0.2, 0.25) is 5.91 Å². The van der Waals surface area contributed by atoms with E-state index >= 15 is 0 Å². The molecular weight excluding hydrogens is 355 g/mol. The fraction of sp³-hybridized carbons (Fsp3) is 0.467. The number of carbonyl (C=O) groups is 1. The topological polar surface area (TPSA) is 102 Å². The third kappa shape index (κ3) is 4.58. The van der Waals surface area contributed by atoms with Gasteiger partial charge in [-0.3, -0.25) is 4.79 Å². The van der Waals surface area contributed by atoms with Crippen molar-refractivity contribution in [2.75, 3.05) is 25.6 Å². The van der Waals surface area contributed by atoms with E-state index < -0.39 is 6.04 Å². The number of benzene rings is 1. The van der Waals surface area contributed by atoms with Crippen LogP contribution < -0.4 is 11.1 Å². The number of aromatic nitrogens is 2. The Hall–Kier alpha value is -1.38. The van der Waals surface area contributed by atoms with Crippen LogP contribution in [0.1, 0.15) is 24.8 Å². The summed E-state index contributed by atoms with van der Waals surface area (Å²) in [6, 6.07) is 4.82. The van der Waals surface area contributed by atoms with Gasteiger partial charge in [0.1, 0.15) is 18.0 Å². The molecule has 0 radical (unpaired) electrons. The summed E-state index contributed by atoms with van der Waals surface area (Å²) >= 11 is 0. The number of ether oxygens (including phenoxy) is 2. The Morgan fingerprint density at radius 2 is 2.33 bits per heavy atom. The zero-order valence-electron chi connectivity index (χ0n) is 13.3. The molecule has 1 fully saturated rings. The molecule has 0 aliphatic carbocycles. The van der Waals surface area contributed by atoms with Crippen LogP contribution in [0.5, 0.6) is 0 Å². The number of H-pyrrole nitrogens is 1. The molecule has 134 valence electrons. The van der Waals surface area contributed by atoms with Crippen LogP contribution in [0, 0.1) is 0 Å². The first-order chi connectivity index (χ1) is 10.7. The Morgan fingerprint density at radius 1 is 1.54 bits per heavy atom. The minimum Gasteiger partial charge on any atom is -0.383 e. The summed E-state index contributed by atoms with van der Waals surface area (Å²) < 4.78 is 10.5. The van der Waals surface area contributed by atoms with Crippen LogP contribution in [0.3, 0.4) is 0 Å². The summed E-state index contributed by atoms with van der Waals surface area (Å²) in [6.45, 7) is 0.960. The minimum atomic E-state index is -0.690. The van der Waals surface area contributed by atoms with E-state index in [4.69, 9.17) is 15.2 Å². The average molecular weight is 377 g/mol. The van der Waals surface area contributed by atoms with Gasteiger partial charge in [0.05, 0.1) is 17.6 Å². The number of carbonyl (C=O) groups excluding carboxylic acids is 1. The predicted octanol–water partition coefficient (Wildman–Crippen LogP) is 2.17. The monoisotopic (exact) mass is 376 g/mol. The van der Waals surface area contributed by atoms with Crippen LogP contribution >= 0.6 is 24.8 Å². The van der Waals surface area contributed by atoms with Crippen molar-refractivity contribution in [3.05, 3.63) is 24.0 Å². The Morgan fingerprint density at radius 3 is 3.00 bits per heavy atom. The highest BCUT2D eigenvalue weighted by molar-refractivity contribution is 5.96. The summed E-state index contributed by atoms with van der Waals surface area (Å²) in [5, 5.41) is 2.77. The van der Waals surface area contributed by atoms with E-state index in [9.17, 15) is 4.79 Å². The number of hydrogen-bond donors (Lipinski definition) is 3. The van der Waals surface area contributed by atoms with Gasteiger partial charge in [-0.05, 0) is 31.0 Å². The molecule has 2 unspecified atom stereocenters. The lowest BCUT2D eigenvalue weighted by Gasteiger charge is -2.11.